The molecule has 1 saturated carbocycles. The van der Waals surface area contributed by atoms with E-state index in [1.807, 2.05) is 16.8 Å². The van der Waals surface area contributed by atoms with Crippen LogP contribution < -0.4 is 0 Å². The Morgan fingerprint density at radius 1 is 1.00 bits per heavy atom. The number of rotatable bonds is 6. The second-order valence-electron chi connectivity index (χ2n) is 8.95. The molecule has 0 amide bonds. The van der Waals surface area contributed by atoms with Gasteiger partial charge in [-0.1, -0.05) is 49.1 Å². The Balaban J connectivity index is 1.39. The van der Waals surface area contributed by atoms with Crippen molar-refractivity contribution in [2.45, 2.75) is 57.7 Å². The summed E-state index contributed by atoms with van der Waals surface area (Å²) < 4.78 is 7.44. The molecule has 1 aliphatic carbocycles. The average Bonchev–Trinajstić information content (AvgIpc) is 3.49. The van der Waals surface area contributed by atoms with Crippen molar-refractivity contribution in [3.63, 3.8) is 0 Å². The first-order chi connectivity index (χ1) is 15.3. The lowest BCUT2D eigenvalue weighted by molar-refractivity contribution is 0.0620. The van der Waals surface area contributed by atoms with Crippen LogP contribution in [0.4, 0.5) is 0 Å². The fourth-order valence-electron chi connectivity index (χ4n) is 5.15. The first kappa shape index (κ1) is 20.4. The van der Waals surface area contributed by atoms with Crippen LogP contribution in [0.2, 0.25) is 0 Å². The zero-order valence-electron chi connectivity index (χ0n) is 18.4. The van der Waals surface area contributed by atoms with Crippen molar-refractivity contribution in [2.24, 2.45) is 0 Å². The third-order valence-electron chi connectivity index (χ3n) is 6.89. The minimum absolute atomic E-state index is 0.0408. The normalized spacial score (nSPS) is 20.2. The van der Waals surface area contributed by atoms with E-state index in [2.05, 4.69) is 56.5 Å². The molecule has 0 radical (unpaired) electrons. The van der Waals surface area contributed by atoms with E-state index in [9.17, 15) is 0 Å². The van der Waals surface area contributed by atoms with E-state index in [0.717, 1.165) is 43.8 Å². The standard InChI is InChI=1S/C24H32N6O/c1-19-9-11-20(12-10-19)23(24-25-26-27-30(24)18-22-8-5-17-31-22)29-15-13-28(14-16-29)21-6-3-2-4-7-21/h5,8-12,17,21,23H,2-4,6-7,13-16,18H2,1H3/t23-/m0/s1. The van der Waals surface area contributed by atoms with Crippen LogP contribution in [-0.4, -0.2) is 62.2 Å². The molecular formula is C24H32N6O. The molecule has 0 spiro atoms. The molecule has 3 heterocycles. The summed E-state index contributed by atoms with van der Waals surface area (Å²) in [7, 11) is 0. The van der Waals surface area contributed by atoms with Gasteiger partial charge >= 0.3 is 0 Å². The van der Waals surface area contributed by atoms with Crippen molar-refractivity contribution < 1.29 is 4.42 Å². The van der Waals surface area contributed by atoms with Gasteiger partial charge in [0.25, 0.3) is 0 Å². The fourth-order valence-corrected chi connectivity index (χ4v) is 5.15. The second kappa shape index (κ2) is 9.32. The van der Waals surface area contributed by atoms with E-state index in [1.54, 1.807) is 6.26 Å². The Morgan fingerprint density at radius 2 is 1.77 bits per heavy atom. The zero-order chi connectivity index (χ0) is 21.0. The Hall–Kier alpha value is -2.51. The van der Waals surface area contributed by atoms with Crippen LogP contribution in [0.1, 0.15) is 60.9 Å². The molecule has 164 valence electrons. The molecule has 7 nitrogen and oxygen atoms in total. The van der Waals surface area contributed by atoms with Gasteiger partial charge < -0.3 is 4.42 Å². The van der Waals surface area contributed by atoms with Gasteiger partial charge in [-0.25, -0.2) is 4.68 Å². The predicted octanol–water partition coefficient (Wildman–Crippen LogP) is 3.66. The lowest BCUT2D eigenvalue weighted by Gasteiger charge is -2.43. The molecule has 1 saturated heterocycles. The largest absolute Gasteiger partial charge is 0.467 e. The highest BCUT2D eigenvalue weighted by Crippen LogP contribution is 2.30. The molecule has 7 heteroatoms. The zero-order valence-corrected chi connectivity index (χ0v) is 18.4. The maximum atomic E-state index is 5.55. The summed E-state index contributed by atoms with van der Waals surface area (Å²) in [5, 5.41) is 12.8. The highest BCUT2D eigenvalue weighted by Gasteiger charge is 2.32. The highest BCUT2D eigenvalue weighted by atomic mass is 16.3. The number of aryl methyl sites for hydroxylation is 1. The lowest BCUT2D eigenvalue weighted by Crippen LogP contribution is -2.52. The molecule has 0 bridgehead atoms. The molecular weight excluding hydrogens is 388 g/mol. The maximum Gasteiger partial charge on any atom is 0.173 e. The molecule has 31 heavy (non-hydrogen) atoms. The van der Waals surface area contributed by atoms with Gasteiger partial charge in [-0.2, -0.15) is 0 Å². The van der Waals surface area contributed by atoms with E-state index in [1.165, 1.54) is 43.2 Å². The number of furan rings is 1. The molecule has 1 atom stereocenters. The molecule has 0 unspecified atom stereocenters. The number of aromatic nitrogens is 4. The van der Waals surface area contributed by atoms with Gasteiger partial charge in [-0.3, -0.25) is 9.80 Å². The van der Waals surface area contributed by atoms with Crippen LogP contribution in [-0.2, 0) is 6.54 Å². The van der Waals surface area contributed by atoms with Gasteiger partial charge in [0.1, 0.15) is 12.3 Å². The van der Waals surface area contributed by atoms with E-state index in [-0.39, 0.29) is 6.04 Å². The van der Waals surface area contributed by atoms with Crippen molar-refractivity contribution in [3.8, 4) is 0 Å². The molecule has 5 rings (SSSR count). The minimum Gasteiger partial charge on any atom is -0.467 e. The third kappa shape index (κ3) is 4.57. The second-order valence-corrected chi connectivity index (χ2v) is 8.95. The summed E-state index contributed by atoms with van der Waals surface area (Å²) in [6, 6.07) is 13.5. The molecule has 3 aromatic rings. The molecule has 1 aromatic carbocycles. The smallest absolute Gasteiger partial charge is 0.173 e. The monoisotopic (exact) mass is 420 g/mol. The fraction of sp³-hybridized carbons (Fsp3) is 0.542. The van der Waals surface area contributed by atoms with Crippen LogP contribution >= 0.6 is 0 Å². The Kier molecular flexibility index (Phi) is 6.13. The van der Waals surface area contributed by atoms with Crippen molar-refractivity contribution >= 4 is 0 Å². The van der Waals surface area contributed by atoms with Crippen molar-refractivity contribution in [3.05, 3.63) is 65.4 Å². The average molecular weight is 421 g/mol. The lowest BCUT2D eigenvalue weighted by atomic mass is 9.93. The maximum absolute atomic E-state index is 5.55. The third-order valence-corrected chi connectivity index (χ3v) is 6.89. The van der Waals surface area contributed by atoms with E-state index >= 15 is 0 Å². The summed E-state index contributed by atoms with van der Waals surface area (Å²) in [5.74, 6) is 1.74. The molecule has 2 fully saturated rings. The minimum atomic E-state index is 0.0408. The van der Waals surface area contributed by atoms with Gasteiger partial charge in [0.2, 0.25) is 0 Å². The number of piperazine rings is 1. The van der Waals surface area contributed by atoms with E-state index < -0.39 is 0 Å². The number of hydrogen-bond donors (Lipinski definition) is 0. The van der Waals surface area contributed by atoms with E-state index in [4.69, 9.17) is 4.42 Å². The summed E-state index contributed by atoms with van der Waals surface area (Å²) in [6.07, 6.45) is 8.61. The topological polar surface area (TPSA) is 63.2 Å². The van der Waals surface area contributed by atoms with Crippen LogP contribution in [0.3, 0.4) is 0 Å². The molecule has 2 aliphatic rings. The number of benzene rings is 1. The summed E-state index contributed by atoms with van der Waals surface area (Å²) in [4.78, 5) is 5.27. The van der Waals surface area contributed by atoms with Crippen LogP contribution in [0, 0.1) is 6.92 Å². The number of nitrogens with zero attached hydrogens (tertiary/aromatic N) is 6. The first-order valence-electron chi connectivity index (χ1n) is 11.6. The summed E-state index contributed by atoms with van der Waals surface area (Å²) >= 11 is 0. The molecule has 2 aromatic heterocycles. The number of hydrogen-bond acceptors (Lipinski definition) is 6. The van der Waals surface area contributed by atoms with E-state index in [0.29, 0.717) is 6.54 Å². The van der Waals surface area contributed by atoms with Crippen molar-refractivity contribution in [2.75, 3.05) is 26.2 Å². The quantitative estimate of drug-likeness (QED) is 0.606. The van der Waals surface area contributed by atoms with Crippen LogP contribution in [0.25, 0.3) is 0 Å². The van der Waals surface area contributed by atoms with Crippen LogP contribution in [0.15, 0.2) is 47.1 Å². The number of tetrazole rings is 1. The predicted molar refractivity (Wildman–Crippen MR) is 119 cm³/mol. The van der Waals surface area contributed by atoms with Crippen molar-refractivity contribution in [1.82, 2.24) is 30.0 Å². The highest BCUT2D eigenvalue weighted by molar-refractivity contribution is 5.28. The Labute approximate surface area is 184 Å². The van der Waals surface area contributed by atoms with Crippen LogP contribution in [0.5, 0.6) is 0 Å². The molecule has 1 aliphatic heterocycles. The van der Waals surface area contributed by atoms with Crippen molar-refractivity contribution in [1.29, 1.82) is 0 Å². The Bertz CT molecular complexity index is 937. The van der Waals surface area contributed by atoms with Gasteiger partial charge in [0.05, 0.1) is 12.3 Å². The SMILES string of the molecule is Cc1ccc([C@@H](c2nnnn2Cc2ccco2)N2CCN(C3CCCCC3)CC2)cc1. The van der Waals surface area contributed by atoms with Gasteiger partial charge in [-0.15, -0.1) is 5.10 Å². The summed E-state index contributed by atoms with van der Waals surface area (Å²) in [5.41, 5.74) is 2.51. The van der Waals surface area contributed by atoms with Gasteiger partial charge in [0, 0.05) is 32.2 Å². The summed E-state index contributed by atoms with van der Waals surface area (Å²) in [6.45, 7) is 6.97. The van der Waals surface area contributed by atoms with Gasteiger partial charge in [-0.05, 0) is 47.9 Å². The first-order valence-corrected chi connectivity index (χ1v) is 11.6. The van der Waals surface area contributed by atoms with Gasteiger partial charge in [0.15, 0.2) is 5.82 Å². The molecule has 0 N–H and O–H groups in total. The Morgan fingerprint density at radius 3 is 2.48 bits per heavy atom.